The summed E-state index contributed by atoms with van der Waals surface area (Å²) in [5.74, 6) is -0.872. The molecule has 0 saturated heterocycles. The summed E-state index contributed by atoms with van der Waals surface area (Å²) < 4.78 is 47.2. The maximum atomic E-state index is 13.5. The average Bonchev–Trinajstić information content (AvgIpc) is 2.41. The molecule has 0 bridgehead atoms. The third-order valence-electron chi connectivity index (χ3n) is 2.45. The van der Waals surface area contributed by atoms with E-state index in [0.717, 1.165) is 6.07 Å². The quantitative estimate of drug-likeness (QED) is 0.812. The van der Waals surface area contributed by atoms with E-state index in [0.29, 0.717) is 0 Å². The number of para-hydroxylation sites is 1. The molecule has 7 heteroatoms. The third kappa shape index (κ3) is 3.02. The Morgan fingerprint density at radius 1 is 1.10 bits per heavy atom. The normalized spacial score (nSPS) is 11.2. The molecule has 0 fully saturated rings. The van der Waals surface area contributed by atoms with Gasteiger partial charge in [0.25, 0.3) is 0 Å². The van der Waals surface area contributed by atoms with E-state index in [2.05, 4.69) is 0 Å². The molecule has 0 radical (unpaired) electrons. The smallest absolute Gasteiger partial charge is 0.339 e. The van der Waals surface area contributed by atoms with E-state index in [-0.39, 0.29) is 21.4 Å². The first kappa shape index (κ1) is 14.6. The van der Waals surface area contributed by atoms with E-state index >= 15 is 0 Å². The minimum absolute atomic E-state index is 0.0228. The molecule has 0 atom stereocenters. The molecule has 106 valence electrons. The molecule has 0 N–H and O–H groups in total. The zero-order chi connectivity index (χ0) is 14.8. The molecule has 0 amide bonds. The molecular formula is C13H10ClFO4S. The van der Waals surface area contributed by atoms with Crippen LogP contribution in [0.15, 0.2) is 47.4 Å². The second kappa shape index (κ2) is 5.68. The highest BCUT2D eigenvalue weighted by molar-refractivity contribution is 7.87. The molecular weight excluding hydrogens is 307 g/mol. The molecule has 0 aliphatic heterocycles. The first-order chi connectivity index (χ1) is 9.44. The van der Waals surface area contributed by atoms with Gasteiger partial charge in [-0.25, -0.2) is 4.39 Å². The van der Waals surface area contributed by atoms with Crippen molar-refractivity contribution in [3.8, 4) is 11.5 Å². The van der Waals surface area contributed by atoms with Gasteiger partial charge in [0.05, 0.1) is 12.1 Å². The SMILES string of the molecule is COc1ccc(S(=O)(=O)Oc2ccccc2Cl)cc1F. The van der Waals surface area contributed by atoms with Crippen molar-refractivity contribution in [3.63, 3.8) is 0 Å². The molecule has 20 heavy (non-hydrogen) atoms. The Hall–Kier alpha value is -1.79. The van der Waals surface area contributed by atoms with Crippen LogP contribution in [-0.2, 0) is 10.1 Å². The molecule has 0 spiro atoms. The Bertz CT molecular complexity index is 731. The number of hydrogen-bond donors (Lipinski definition) is 0. The summed E-state index contributed by atoms with van der Waals surface area (Å²) in [5, 5.41) is 0.144. The topological polar surface area (TPSA) is 52.6 Å². The van der Waals surface area contributed by atoms with Crippen LogP contribution in [0.4, 0.5) is 4.39 Å². The molecule has 0 aromatic heterocycles. The number of rotatable bonds is 4. The van der Waals surface area contributed by atoms with Gasteiger partial charge >= 0.3 is 10.1 Å². The Morgan fingerprint density at radius 2 is 1.80 bits per heavy atom. The molecule has 0 saturated carbocycles. The highest BCUT2D eigenvalue weighted by atomic mass is 35.5. The zero-order valence-electron chi connectivity index (χ0n) is 10.3. The van der Waals surface area contributed by atoms with E-state index in [1.54, 1.807) is 12.1 Å². The lowest BCUT2D eigenvalue weighted by Gasteiger charge is -2.09. The van der Waals surface area contributed by atoms with Crippen molar-refractivity contribution >= 4 is 21.7 Å². The summed E-state index contributed by atoms with van der Waals surface area (Å²) >= 11 is 5.81. The summed E-state index contributed by atoms with van der Waals surface area (Å²) in [7, 11) is -2.88. The molecule has 0 aliphatic carbocycles. The lowest BCUT2D eigenvalue weighted by Crippen LogP contribution is -2.10. The van der Waals surface area contributed by atoms with E-state index < -0.39 is 15.9 Å². The average molecular weight is 317 g/mol. The van der Waals surface area contributed by atoms with E-state index in [4.69, 9.17) is 20.5 Å². The van der Waals surface area contributed by atoms with Crippen LogP contribution < -0.4 is 8.92 Å². The van der Waals surface area contributed by atoms with Crippen LogP contribution >= 0.6 is 11.6 Å². The number of halogens is 2. The van der Waals surface area contributed by atoms with Crippen molar-refractivity contribution in [2.24, 2.45) is 0 Å². The minimum Gasteiger partial charge on any atom is -0.494 e. The monoisotopic (exact) mass is 316 g/mol. The fraction of sp³-hybridized carbons (Fsp3) is 0.0769. The van der Waals surface area contributed by atoms with Crippen LogP contribution in [0.2, 0.25) is 5.02 Å². The standard InChI is InChI=1S/C13H10ClFO4S/c1-18-13-7-6-9(8-11(13)15)20(16,17)19-12-5-3-2-4-10(12)14/h2-8H,1H3. The van der Waals surface area contributed by atoms with Crippen molar-refractivity contribution in [1.29, 1.82) is 0 Å². The van der Waals surface area contributed by atoms with Crippen LogP contribution in [0.3, 0.4) is 0 Å². The molecule has 0 unspecified atom stereocenters. The van der Waals surface area contributed by atoms with Crippen LogP contribution in [0, 0.1) is 5.82 Å². The van der Waals surface area contributed by atoms with Gasteiger partial charge in [0.2, 0.25) is 0 Å². The second-order valence-corrected chi connectivity index (χ2v) is 5.72. The molecule has 4 nitrogen and oxygen atoms in total. The van der Waals surface area contributed by atoms with Gasteiger partial charge in [0.1, 0.15) is 4.90 Å². The highest BCUT2D eigenvalue weighted by Gasteiger charge is 2.20. The maximum Gasteiger partial charge on any atom is 0.339 e. The number of methoxy groups -OCH3 is 1. The predicted molar refractivity (Wildman–Crippen MR) is 72.2 cm³/mol. The summed E-state index contributed by atoms with van der Waals surface area (Å²) in [6, 6.07) is 9.32. The lowest BCUT2D eigenvalue weighted by atomic mass is 10.3. The predicted octanol–water partition coefficient (Wildman–Crippen LogP) is 3.26. The van der Waals surface area contributed by atoms with E-state index in [9.17, 15) is 12.8 Å². The maximum absolute atomic E-state index is 13.5. The lowest BCUT2D eigenvalue weighted by molar-refractivity contribution is 0.385. The van der Waals surface area contributed by atoms with Gasteiger partial charge in [-0.05, 0) is 30.3 Å². The van der Waals surface area contributed by atoms with Gasteiger partial charge in [-0.1, -0.05) is 23.7 Å². The van der Waals surface area contributed by atoms with E-state index in [1.807, 2.05) is 0 Å². The van der Waals surface area contributed by atoms with Gasteiger partial charge in [-0.15, -0.1) is 0 Å². The van der Waals surface area contributed by atoms with Crippen molar-refractivity contribution in [3.05, 3.63) is 53.3 Å². The van der Waals surface area contributed by atoms with E-state index in [1.165, 1.54) is 31.4 Å². The number of benzene rings is 2. The van der Waals surface area contributed by atoms with Crippen LogP contribution in [0.1, 0.15) is 0 Å². The largest absolute Gasteiger partial charge is 0.494 e. The summed E-state index contributed by atoms with van der Waals surface area (Å²) in [4.78, 5) is -0.323. The van der Waals surface area contributed by atoms with Gasteiger partial charge in [0.15, 0.2) is 17.3 Å². The molecule has 2 rings (SSSR count). The van der Waals surface area contributed by atoms with Gasteiger partial charge < -0.3 is 8.92 Å². The zero-order valence-corrected chi connectivity index (χ0v) is 11.9. The molecule has 2 aromatic carbocycles. The Balaban J connectivity index is 2.36. The Morgan fingerprint density at radius 3 is 2.40 bits per heavy atom. The van der Waals surface area contributed by atoms with Gasteiger partial charge in [-0.3, -0.25) is 0 Å². The van der Waals surface area contributed by atoms with Crippen molar-refractivity contribution in [2.75, 3.05) is 7.11 Å². The summed E-state index contributed by atoms with van der Waals surface area (Å²) in [6.45, 7) is 0. The van der Waals surface area contributed by atoms with Crippen LogP contribution in [0.5, 0.6) is 11.5 Å². The number of ether oxygens (including phenoxy) is 1. The first-order valence-electron chi connectivity index (χ1n) is 5.46. The Kier molecular flexibility index (Phi) is 4.15. The molecule has 2 aromatic rings. The fourth-order valence-corrected chi connectivity index (χ4v) is 2.66. The van der Waals surface area contributed by atoms with Crippen molar-refractivity contribution < 1.29 is 21.7 Å². The molecule has 0 heterocycles. The summed E-state index contributed by atoms with van der Waals surface area (Å²) in [5.41, 5.74) is 0. The third-order valence-corrected chi connectivity index (χ3v) is 3.99. The Labute approximate surface area is 120 Å². The summed E-state index contributed by atoms with van der Waals surface area (Å²) in [6.07, 6.45) is 0. The van der Waals surface area contributed by atoms with Gasteiger partial charge in [-0.2, -0.15) is 8.42 Å². The van der Waals surface area contributed by atoms with Crippen LogP contribution in [-0.4, -0.2) is 15.5 Å². The second-order valence-electron chi connectivity index (χ2n) is 3.76. The van der Waals surface area contributed by atoms with Crippen molar-refractivity contribution in [2.45, 2.75) is 4.90 Å². The van der Waals surface area contributed by atoms with Crippen molar-refractivity contribution in [1.82, 2.24) is 0 Å². The fourth-order valence-electron chi connectivity index (χ4n) is 1.48. The van der Waals surface area contributed by atoms with Crippen LogP contribution in [0.25, 0.3) is 0 Å². The molecule has 0 aliphatic rings. The van der Waals surface area contributed by atoms with Gasteiger partial charge in [0, 0.05) is 0 Å². The first-order valence-corrected chi connectivity index (χ1v) is 7.25. The highest BCUT2D eigenvalue weighted by Crippen LogP contribution is 2.28. The number of hydrogen-bond acceptors (Lipinski definition) is 4. The minimum atomic E-state index is -4.16.